The van der Waals surface area contributed by atoms with Crippen LogP contribution in [0.3, 0.4) is 0 Å². The molecule has 0 saturated carbocycles. The van der Waals surface area contributed by atoms with Crippen LogP contribution in [0.4, 0.5) is 0 Å². The first-order valence-corrected chi connectivity index (χ1v) is 12.1. The summed E-state index contributed by atoms with van der Waals surface area (Å²) in [5.74, 6) is 1.40. The highest BCUT2D eigenvalue weighted by Gasteiger charge is 2.34. The molecule has 0 aliphatic carbocycles. The fourth-order valence-corrected chi connectivity index (χ4v) is 4.86. The zero-order chi connectivity index (χ0) is 25.5. The fourth-order valence-electron chi connectivity index (χ4n) is 4.86. The van der Waals surface area contributed by atoms with Crippen LogP contribution in [0, 0.1) is 5.92 Å². The summed E-state index contributed by atoms with van der Waals surface area (Å²) in [7, 11) is 4.88. The van der Waals surface area contributed by atoms with Crippen molar-refractivity contribution in [2.45, 2.75) is 25.5 Å². The van der Waals surface area contributed by atoms with Gasteiger partial charge < -0.3 is 24.1 Å². The molecule has 2 unspecified atom stereocenters. The van der Waals surface area contributed by atoms with Gasteiger partial charge >= 0.3 is 5.97 Å². The Morgan fingerprint density at radius 2 is 1.61 bits per heavy atom. The molecule has 1 saturated heterocycles. The number of carbonyl (C=O) groups is 1. The van der Waals surface area contributed by atoms with Gasteiger partial charge in [-0.3, -0.25) is 9.69 Å². The second-order valence-corrected chi connectivity index (χ2v) is 8.84. The Morgan fingerprint density at radius 1 is 0.917 bits per heavy atom. The van der Waals surface area contributed by atoms with Crippen molar-refractivity contribution in [2.75, 3.05) is 34.4 Å². The van der Waals surface area contributed by atoms with Gasteiger partial charge in [0, 0.05) is 6.54 Å². The van der Waals surface area contributed by atoms with Crippen LogP contribution in [0.5, 0.6) is 23.0 Å². The van der Waals surface area contributed by atoms with Crippen LogP contribution >= 0.6 is 0 Å². The van der Waals surface area contributed by atoms with Crippen molar-refractivity contribution in [3.05, 3.63) is 83.4 Å². The summed E-state index contributed by atoms with van der Waals surface area (Å²) in [6.07, 6.45) is 1.46. The van der Waals surface area contributed by atoms with E-state index in [1.54, 1.807) is 21.3 Å². The quantitative estimate of drug-likeness (QED) is 0.419. The van der Waals surface area contributed by atoms with Crippen LogP contribution < -0.4 is 18.9 Å². The normalized spacial score (nSPS) is 16.7. The van der Waals surface area contributed by atoms with Crippen molar-refractivity contribution in [3.63, 3.8) is 0 Å². The van der Waals surface area contributed by atoms with Gasteiger partial charge in [-0.15, -0.1) is 0 Å². The number of benzene rings is 3. The Bertz CT molecular complexity index is 1140. The summed E-state index contributed by atoms with van der Waals surface area (Å²) in [6.45, 7) is 1.60. The summed E-state index contributed by atoms with van der Waals surface area (Å²) in [4.78, 5) is 14.1. The Balaban J connectivity index is 1.75. The lowest BCUT2D eigenvalue weighted by atomic mass is 9.90. The fraction of sp³-hybridized carbons (Fsp3) is 0.345. The smallest absolute Gasteiger partial charge is 0.307 e. The molecule has 190 valence electrons. The van der Waals surface area contributed by atoms with Gasteiger partial charge in [-0.05, 0) is 54.8 Å². The van der Waals surface area contributed by atoms with Crippen molar-refractivity contribution in [2.24, 2.45) is 5.92 Å². The monoisotopic (exact) mass is 491 g/mol. The van der Waals surface area contributed by atoms with Crippen molar-refractivity contribution in [1.82, 2.24) is 4.90 Å². The van der Waals surface area contributed by atoms with Gasteiger partial charge in [-0.1, -0.05) is 42.5 Å². The second kappa shape index (κ2) is 11.8. The summed E-state index contributed by atoms with van der Waals surface area (Å²) < 4.78 is 23.3. The molecule has 2 atom stereocenters. The Labute approximate surface area is 212 Å². The molecule has 1 heterocycles. The van der Waals surface area contributed by atoms with Crippen LogP contribution in [-0.2, 0) is 11.4 Å². The minimum Gasteiger partial charge on any atom is -0.496 e. The maximum absolute atomic E-state index is 11.9. The van der Waals surface area contributed by atoms with E-state index in [4.69, 9.17) is 18.9 Å². The summed E-state index contributed by atoms with van der Waals surface area (Å²) in [5.41, 5.74) is 2.86. The molecule has 3 aromatic carbocycles. The minimum absolute atomic E-state index is 0.296. The maximum atomic E-state index is 11.9. The van der Waals surface area contributed by atoms with Gasteiger partial charge in [0.1, 0.15) is 18.1 Å². The van der Waals surface area contributed by atoms with Crippen LogP contribution in [0.25, 0.3) is 0 Å². The topological polar surface area (TPSA) is 77.5 Å². The molecule has 4 rings (SSSR count). The van der Waals surface area contributed by atoms with Gasteiger partial charge in [0.15, 0.2) is 11.5 Å². The highest BCUT2D eigenvalue weighted by atomic mass is 16.5. The van der Waals surface area contributed by atoms with E-state index in [9.17, 15) is 9.90 Å². The molecule has 7 heteroatoms. The van der Waals surface area contributed by atoms with Crippen molar-refractivity contribution in [3.8, 4) is 23.0 Å². The van der Waals surface area contributed by atoms with Crippen LogP contribution in [0.1, 0.15) is 35.6 Å². The van der Waals surface area contributed by atoms with Crippen molar-refractivity contribution >= 4 is 5.97 Å². The largest absolute Gasteiger partial charge is 0.496 e. The maximum Gasteiger partial charge on any atom is 0.307 e. The van der Waals surface area contributed by atoms with E-state index in [1.165, 1.54) is 0 Å². The highest BCUT2D eigenvalue weighted by Crippen LogP contribution is 2.44. The Morgan fingerprint density at radius 3 is 2.25 bits per heavy atom. The first-order valence-electron chi connectivity index (χ1n) is 12.1. The van der Waals surface area contributed by atoms with Crippen molar-refractivity contribution < 1.29 is 28.8 Å². The number of aliphatic carboxylic acids is 1. The first-order chi connectivity index (χ1) is 17.5. The SMILES string of the molecule is COc1cc(C(c2c(OC)cccc2OC)N2CCCC(C(=O)O)C2)ccc1OCc1ccccc1. The lowest BCUT2D eigenvalue weighted by Crippen LogP contribution is -2.41. The number of nitrogens with zero attached hydrogens (tertiary/aromatic N) is 1. The summed E-state index contributed by atoms with van der Waals surface area (Å²) in [6, 6.07) is 21.2. The van der Waals surface area contributed by atoms with Crippen LogP contribution in [0.2, 0.25) is 0 Å². The molecule has 0 bridgehead atoms. The standard InChI is InChI=1S/C29H33NO6/c1-33-24-12-7-13-25(34-2)27(24)28(30-16-8-11-22(18-30)29(31)32)21-14-15-23(26(17-21)35-3)36-19-20-9-5-4-6-10-20/h4-7,9-10,12-15,17,22,28H,8,11,16,18-19H2,1-3H3,(H,31,32). The number of hydrogen-bond acceptors (Lipinski definition) is 6. The van der Waals surface area contributed by atoms with Gasteiger partial charge in [-0.25, -0.2) is 0 Å². The third-order valence-electron chi connectivity index (χ3n) is 6.65. The Kier molecular flexibility index (Phi) is 8.33. The van der Waals surface area contributed by atoms with Gasteiger partial charge in [0.2, 0.25) is 0 Å². The summed E-state index contributed by atoms with van der Waals surface area (Å²) in [5, 5.41) is 9.74. The Hall–Kier alpha value is -3.71. The lowest BCUT2D eigenvalue weighted by molar-refractivity contribution is -0.143. The zero-order valence-corrected chi connectivity index (χ0v) is 21.0. The first kappa shape index (κ1) is 25.4. The number of carboxylic acid groups (broad SMARTS) is 1. The minimum atomic E-state index is -0.771. The average molecular weight is 492 g/mol. The van der Waals surface area contributed by atoms with E-state index < -0.39 is 11.9 Å². The van der Waals surface area contributed by atoms with E-state index in [2.05, 4.69) is 4.90 Å². The van der Waals surface area contributed by atoms with Gasteiger partial charge in [0.25, 0.3) is 0 Å². The zero-order valence-electron chi connectivity index (χ0n) is 21.0. The molecular weight excluding hydrogens is 458 g/mol. The van der Waals surface area contributed by atoms with E-state index in [1.807, 2.05) is 66.7 Å². The van der Waals surface area contributed by atoms with Crippen LogP contribution in [-0.4, -0.2) is 50.4 Å². The third-order valence-corrected chi connectivity index (χ3v) is 6.65. The van der Waals surface area contributed by atoms with Gasteiger partial charge in [-0.2, -0.15) is 0 Å². The van der Waals surface area contributed by atoms with Crippen molar-refractivity contribution in [1.29, 1.82) is 0 Å². The molecule has 0 spiro atoms. The molecule has 3 aromatic rings. The third kappa shape index (κ3) is 5.57. The molecule has 36 heavy (non-hydrogen) atoms. The number of methoxy groups -OCH3 is 3. The van der Waals surface area contributed by atoms with E-state index in [0.717, 1.165) is 29.7 Å². The number of rotatable bonds is 10. The molecule has 1 N–H and O–H groups in total. The summed E-state index contributed by atoms with van der Waals surface area (Å²) >= 11 is 0. The molecule has 7 nitrogen and oxygen atoms in total. The molecule has 1 aliphatic rings. The number of carboxylic acids is 1. The molecule has 0 radical (unpaired) electrons. The van der Waals surface area contributed by atoms with E-state index >= 15 is 0 Å². The number of ether oxygens (including phenoxy) is 4. The second-order valence-electron chi connectivity index (χ2n) is 8.84. The molecular formula is C29H33NO6. The molecule has 0 aromatic heterocycles. The number of hydrogen-bond donors (Lipinski definition) is 1. The van der Waals surface area contributed by atoms with Gasteiger partial charge in [0.05, 0.1) is 38.9 Å². The number of likely N-dealkylation sites (tertiary alicyclic amines) is 1. The predicted molar refractivity (Wildman–Crippen MR) is 137 cm³/mol. The highest BCUT2D eigenvalue weighted by molar-refractivity contribution is 5.70. The molecule has 1 aliphatic heterocycles. The van der Waals surface area contributed by atoms with E-state index in [0.29, 0.717) is 42.6 Å². The van der Waals surface area contributed by atoms with E-state index in [-0.39, 0.29) is 6.04 Å². The predicted octanol–water partition coefficient (Wildman–Crippen LogP) is 5.18. The number of piperidine rings is 1. The molecule has 1 fully saturated rings. The lowest BCUT2D eigenvalue weighted by Gasteiger charge is -2.38. The van der Waals surface area contributed by atoms with Crippen LogP contribution in [0.15, 0.2) is 66.7 Å². The molecule has 0 amide bonds. The average Bonchev–Trinajstić information content (AvgIpc) is 2.93.